The first-order chi connectivity index (χ1) is 17.9. The molecule has 5 rings (SSSR count). The van der Waals surface area contributed by atoms with Crippen LogP contribution in [0.5, 0.6) is 5.75 Å². The molecule has 2 heterocycles. The summed E-state index contributed by atoms with van der Waals surface area (Å²) in [4.78, 5) is 20.5. The van der Waals surface area contributed by atoms with Crippen molar-refractivity contribution in [3.8, 4) is 34.1 Å². The molecule has 2 aromatic heterocycles. The van der Waals surface area contributed by atoms with Crippen molar-refractivity contribution in [2.75, 3.05) is 11.1 Å². The molecule has 0 saturated carbocycles. The average molecular weight is 489 g/mol. The van der Waals surface area contributed by atoms with Gasteiger partial charge in [-0.2, -0.15) is 10.2 Å². The maximum Gasteiger partial charge on any atom is 0.250 e. The molecule has 0 aliphatic rings. The van der Waals surface area contributed by atoms with Gasteiger partial charge in [0.15, 0.2) is 0 Å². The van der Waals surface area contributed by atoms with E-state index in [0.717, 1.165) is 27.6 Å². The summed E-state index contributed by atoms with van der Waals surface area (Å²) in [6.45, 7) is 1.93. The summed E-state index contributed by atoms with van der Waals surface area (Å²) in [7, 11) is 1.70. The highest BCUT2D eigenvalue weighted by molar-refractivity contribution is 6.05. The highest BCUT2D eigenvalue weighted by Crippen LogP contribution is 2.45. The molecule has 0 amide bonds. The van der Waals surface area contributed by atoms with Gasteiger partial charge in [-0.05, 0) is 46.7 Å². The van der Waals surface area contributed by atoms with Crippen LogP contribution >= 0.6 is 0 Å². The zero-order valence-electron chi connectivity index (χ0n) is 20.3. The Morgan fingerprint density at radius 3 is 2.59 bits per heavy atom. The van der Waals surface area contributed by atoms with E-state index in [9.17, 15) is 15.2 Å². The standard InChI is InChI=1S/C29H24N6O2/c1-17(33-28-21(15-30)16-32-29(31)34-28)23-13-20-9-6-10-22(19-11-12-35(2)24(36)14-19)26(20)27(37)25(23)18-7-4-3-5-8-18/h3-14,16-17,37H,1-2H3,(H3,31,32,33,34). The Hall–Kier alpha value is -5.16. The number of anilines is 2. The van der Waals surface area contributed by atoms with Crippen LogP contribution in [0.15, 0.2) is 83.9 Å². The lowest BCUT2D eigenvalue weighted by Gasteiger charge is -2.22. The Balaban J connectivity index is 1.75. The highest BCUT2D eigenvalue weighted by Gasteiger charge is 2.22. The predicted octanol–water partition coefficient (Wildman–Crippen LogP) is 5.00. The van der Waals surface area contributed by atoms with Gasteiger partial charge in [-0.3, -0.25) is 4.79 Å². The van der Waals surface area contributed by atoms with Crippen LogP contribution < -0.4 is 16.6 Å². The van der Waals surface area contributed by atoms with Crippen LogP contribution in [0.25, 0.3) is 33.0 Å². The van der Waals surface area contributed by atoms with E-state index in [4.69, 9.17) is 5.73 Å². The quantitative estimate of drug-likeness (QED) is 0.317. The number of nitrogens with zero attached hydrogens (tertiary/aromatic N) is 4. The SMILES string of the molecule is CC(Nc1nc(N)ncc1C#N)c1cc2cccc(-c3ccn(C)c(=O)c3)c2c(O)c1-c1ccccc1. The Morgan fingerprint density at radius 2 is 1.86 bits per heavy atom. The summed E-state index contributed by atoms with van der Waals surface area (Å²) in [5, 5.41) is 26.0. The van der Waals surface area contributed by atoms with E-state index in [1.807, 2.05) is 67.6 Å². The Morgan fingerprint density at radius 1 is 1.08 bits per heavy atom. The smallest absolute Gasteiger partial charge is 0.250 e. The number of rotatable bonds is 5. The van der Waals surface area contributed by atoms with Gasteiger partial charge in [-0.25, -0.2) is 4.98 Å². The number of nitrogens with two attached hydrogens (primary N) is 1. The van der Waals surface area contributed by atoms with Gasteiger partial charge in [0.2, 0.25) is 5.95 Å². The van der Waals surface area contributed by atoms with Crippen molar-refractivity contribution in [3.05, 3.63) is 101 Å². The number of pyridine rings is 1. The molecule has 0 radical (unpaired) electrons. The minimum atomic E-state index is -0.361. The molecule has 3 aromatic carbocycles. The molecule has 0 aliphatic carbocycles. The zero-order chi connectivity index (χ0) is 26.1. The predicted molar refractivity (Wildman–Crippen MR) is 145 cm³/mol. The minimum absolute atomic E-state index is 0.0528. The lowest BCUT2D eigenvalue weighted by atomic mass is 9.88. The van der Waals surface area contributed by atoms with Crippen LogP contribution in [0.4, 0.5) is 11.8 Å². The van der Waals surface area contributed by atoms with Crippen molar-refractivity contribution in [2.24, 2.45) is 7.05 Å². The van der Waals surface area contributed by atoms with Crippen molar-refractivity contribution >= 4 is 22.5 Å². The molecular weight excluding hydrogens is 464 g/mol. The number of benzene rings is 3. The maximum atomic E-state index is 12.4. The number of aromatic nitrogens is 3. The van der Waals surface area contributed by atoms with E-state index in [0.29, 0.717) is 16.8 Å². The van der Waals surface area contributed by atoms with E-state index in [1.165, 1.54) is 10.8 Å². The lowest BCUT2D eigenvalue weighted by Crippen LogP contribution is -2.14. The fourth-order valence-electron chi connectivity index (χ4n) is 4.53. The third-order valence-corrected chi connectivity index (χ3v) is 6.40. The second kappa shape index (κ2) is 9.47. The second-order valence-corrected chi connectivity index (χ2v) is 8.79. The number of hydrogen-bond donors (Lipinski definition) is 3. The number of hydrogen-bond acceptors (Lipinski definition) is 7. The number of nitrogen functional groups attached to an aromatic ring is 1. The molecule has 0 bridgehead atoms. The monoisotopic (exact) mass is 488 g/mol. The number of phenols is 1. The van der Waals surface area contributed by atoms with E-state index in [-0.39, 0.29) is 28.9 Å². The number of aryl methyl sites for hydroxylation is 1. The topological polar surface area (TPSA) is 130 Å². The molecule has 37 heavy (non-hydrogen) atoms. The van der Waals surface area contributed by atoms with Crippen LogP contribution in [-0.4, -0.2) is 19.6 Å². The molecule has 0 fully saturated rings. The van der Waals surface area contributed by atoms with Gasteiger partial charge in [-0.15, -0.1) is 0 Å². The van der Waals surface area contributed by atoms with Crippen molar-refractivity contribution in [1.29, 1.82) is 5.26 Å². The number of fused-ring (bicyclic) bond motifs is 1. The van der Waals surface area contributed by atoms with Crippen LogP contribution in [-0.2, 0) is 7.05 Å². The van der Waals surface area contributed by atoms with Gasteiger partial charge >= 0.3 is 0 Å². The molecular formula is C29H24N6O2. The van der Waals surface area contributed by atoms with Crippen molar-refractivity contribution in [3.63, 3.8) is 0 Å². The number of phenolic OH excluding ortho intramolecular Hbond substituents is 1. The van der Waals surface area contributed by atoms with Crippen molar-refractivity contribution in [1.82, 2.24) is 14.5 Å². The Bertz CT molecular complexity index is 1740. The number of nitrogens with one attached hydrogen (secondary N) is 1. The van der Waals surface area contributed by atoms with E-state index >= 15 is 0 Å². The van der Waals surface area contributed by atoms with Crippen molar-refractivity contribution < 1.29 is 5.11 Å². The highest BCUT2D eigenvalue weighted by atomic mass is 16.3. The molecule has 1 atom stereocenters. The number of aromatic hydroxyl groups is 1. The minimum Gasteiger partial charge on any atom is -0.507 e. The van der Waals surface area contributed by atoms with Gasteiger partial charge in [0, 0.05) is 30.3 Å². The molecule has 0 saturated heterocycles. The van der Waals surface area contributed by atoms with Gasteiger partial charge in [0.25, 0.3) is 5.56 Å². The van der Waals surface area contributed by atoms with Crippen LogP contribution in [0.2, 0.25) is 0 Å². The molecule has 0 spiro atoms. The van der Waals surface area contributed by atoms with Gasteiger partial charge in [-0.1, -0.05) is 48.5 Å². The average Bonchev–Trinajstić information content (AvgIpc) is 2.90. The summed E-state index contributed by atoms with van der Waals surface area (Å²) in [6.07, 6.45) is 3.09. The van der Waals surface area contributed by atoms with Crippen molar-refractivity contribution in [2.45, 2.75) is 13.0 Å². The molecule has 1 unspecified atom stereocenters. The van der Waals surface area contributed by atoms with Gasteiger partial charge in [0.1, 0.15) is 23.2 Å². The zero-order valence-corrected chi connectivity index (χ0v) is 20.3. The third-order valence-electron chi connectivity index (χ3n) is 6.40. The van der Waals surface area contributed by atoms with E-state index in [1.54, 1.807) is 19.3 Å². The first-order valence-electron chi connectivity index (χ1n) is 11.7. The molecule has 8 nitrogen and oxygen atoms in total. The van der Waals surface area contributed by atoms with E-state index < -0.39 is 0 Å². The molecule has 5 aromatic rings. The summed E-state index contributed by atoms with van der Waals surface area (Å²) < 4.78 is 1.50. The van der Waals surface area contributed by atoms with E-state index in [2.05, 4.69) is 21.4 Å². The molecule has 182 valence electrons. The summed E-state index contributed by atoms with van der Waals surface area (Å²) in [5.74, 6) is 0.471. The first-order valence-corrected chi connectivity index (χ1v) is 11.7. The molecule has 4 N–H and O–H groups in total. The Kier molecular flexibility index (Phi) is 6.04. The number of nitriles is 1. The van der Waals surface area contributed by atoms with Gasteiger partial charge < -0.3 is 20.7 Å². The van der Waals surface area contributed by atoms with Gasteiger partial charge in [0.05, 0.1) is 12.2 Å². The molecule has 8 heteroatoms. The van der Waals surface area contributed by atoms with Crippen LogP contribution in [0.1, 0.15) is 24.1 Å². The summed E-state index contributed by atoms with van der Waals surface area (Å²) in [6, 6.07) is 22.5. The summed E-state index contributed by atoms with van der Waals surface area (Å²) >= 11 is 0. The van der Waals surface area contributed by atoms with Crippen LogP contribution in [0, 0.1) is 11.3 Å². The Labute approximate surface area is 213 Å². The van der Waals surface area contributed by atoms with Crippen LogP contribution in [0.3, 0.4) is 0 Å². The fraction of sp³-hybridized carbons (Fsp3) is 0.103. The second-order valence-electron chi connectivity index (χ2n) is 8.79. The maximum absolute atomic E-state index is 12.4. The fourth-order valence-corrected chi connectivity index (χ4v) is 4.53. The normalized spacial score (nSPS) is 11.7. The molecule has 0 aliphatic heterocycles. The summed E-state index contributed by atoms with van der Waals surface area (Å²) in [5.41, 5.74) is 9.65. The first kappa shape index (κ1) is 23.6. The lowest BCUT2D eigenvalue weighted by molar-refractivity contribution is 0.483. The largest absolute Gasteiger partial charge is 0.507 e. The third kappa shape index (κ3) is 4.34.